The molecule has 2 rings (SSSR count). The number of carbonyl (C=O) groups is 1. The molecule has 1 amide bonds. The minimum absolute atomic E-state index is 0.132. The molecule has 2 aromatic rings. The predicted molar refractivity (Wildman–Crippen MR) is 108 cm³/mol. The highest BCUT2D eigenvalue weighted by Crippen LogP contribution is 2.16. The number of guanidine groups is 1. The first kappa shape index (κ1) is 19.9. The second-order valence-electron chi connectivity index (χ2n) is 6.02. The van der Waals surface area contributed by atoms with Gasteiger partial charge in [0.2, 0.25) is 0 Å². The molecular weight excluding hydrogens is 346 g/mol. The quantitative estimate of drug-likeness (QED) is 0.377. The summed E-state index contributed by atoms with van der Waals surface area (Å²) in [6.45, 7) is 8.08. The van der Waals surface area contributed by atoms with Crippen LogP contribution in [0, 0.1) is 6.92 Å². The predicted octanol–water partition coefficient (Wildman–Crippen LogP) is 2.37. The van der Waals surface area contributed by atoms with Crippen molar-refractivity contribution in [2.24, 2.45) is 4.99 Å². The molecule has 0 bridgehead atoms. The fraction of sp³-hybridized carbons (Fsp3) is 0.421. The maximum atomic E-state index is 12.0. The number of aryl methyl sites for hydroxylation is 1. The SMILES string of the molecule is CCNC(=NCCNC(=O)c1cccnc1)NC(C)Cc1ccc(C)s1. The van der Waals surface area contributed by atoms with Crippen LogP contribution in [0.25, 0.3) is 0 Å². The summed E-state index contributed by atoms with van der Waals surface area (Å²) in [5, 5.41) is 9.51. The molecule has 1 atom stereocenters. The van der Waals surface area contributed by atoms with Crippen LogP contribution in [0.4, 0.5) is 0 Å². The van der Waals surface area contributed by atoms with E-state index in [1.165, 1.54) is 9.75 Å². The van der Waals surface area contributed by atoms with Crippen molar-refractivity contribution in [2.75, 3.05) is 19.6 Å². The molecule has 2 heterocycles. The molecule has 0 aliphatic carbocycles. The van der Waals surface area contributed by atoms with E-state index in [9.17, 15) is 4.79 Å². The molecule has 0 aromatic carbocycles. The molecule has 0 radical (unpaired) electrons. The van der Waals surface area contributed by atoms with Gasteiger partial charge in [-0.3, -0.25) is 14.8 Å². The Bertz CT molecular complexity index is 714. The first-order valence-corrected chi connectivity index (χ1v) is 9.68. The second-order valence-corrected chi connectivity index (χ2v) is 7.39. The highest BCUT2D eigenvalue weighted by molar-refractivity contribution is 7.11. The summed E-state index contributed by atoms with van der Waals surface area (Å²) in [7, 11) is 0. The van der Waals surface area contributed by atoms with E-state index >= 15 is 0 Å². The van der Waals surface area contributed by atoms with E-state index in [0.717, 1.165) is 18.9 Å². The minimum atomic E-state index is -0.132. The molecule has 0 saturated heterocycles. The fourth-order valence-electron chi connectivity index (χ4n) is 2.44. The zero-order valence-corrected chi connectivity index (χ0v) is 16.4. The average molecular weight is 374 g/mol. The lowest BCUT2D eigenvalue weighted by atomic mass is 10.2. The Morgan fingerprint density at radius 2 is 2.15 bits per heavy atom. The molecule has 7 heteroatoms. The summed E-state index contributed by atoms with van der Waals surface area (Å²) in [5.74, 6) is 0.636. The highest BCUT2D eigenvalue weighted by Gasteiger charge is 2.08. The third kappa shape index (κ3) is 6.84. The van der Waals surface area contributed by atoms with Crippen LogP contribution < -0.4 is 16.0 Å². The third-order valence-electron chi connectivity index (χ3n) is 3.62. The minimum Gasteiger partial charge on any atom is -0.357 e. The van der Waals surface area contributed by atoms with E-state index in [1.807, 2.05) is 18.3 Å². The van der Waals surface area contributed by atoms with E-state index in [0.29, 0.717) is 18.7 Å². The van der Waals surface area contributed by atoms with Crippen LogP contribution in [0.1, 0.15) is 34.0 Å². The highest BCUT2D eigenvalue weighted by atomic mass is 32.1. The molecule has 0 aliphatic rings. The number of amides is 1. The van der Waals surface area contributed by atoms with Crippen LogP contribution in [-0.2, 0) is 6.42 Å². The smallest absolute Gasteiger partial charge is 0.252 e. The lowest BCUT2D eigenvalue weighted by Gasteiger charge is -2.17. The van der Waals surface area contributed by atoms with Gasteiger partial charge in [0.25, 0.3) is 5.91 Å². The molecule has 26 heavy (non-hydrogen) atoms. The van der Waals surface area contributed by atoms with Crippen LogP contribution in [0.5, 0.6) is 0 Å². The number of carbonyl (C=O) groups excluding carboxylic acids is 1. The number of hydrogen-bond donors (Lipinski definition) is 3. The summed E-state index contributed by atoms with van der Waals surface area (Å²) in [6.07, 6.45) is 4.16. The van der Waals surface area contributed by atoms with Crippen molar-refractivity contribution in [3.05, 3.63) is 52.0 Å². The van der Waals surface area contributed by atoms with Crippen LogP contribution in [0.3, 0.4) is 0 Å². The summed E-state index contributed by atoms with van der Waals surface area (Å²) < 4.78 is 0. The van der Waals surface area contributed by atoms with Gasteiger partial charge < -0.3 is 16.0 Å². The average Bonchev–Trinajstić information content (AvgIpc) is 3.04. The maximum absolute atomic E-state index is 12.0. The second kappa shape index (κ2) is 10.6. The Morgan fingerprint density at radius 1 is 1.31 bits per heavy atom. The monoisotopic (exact) mass is 373 g/mol. The number of thiophene rings is 1. The van der Waals surface area contributed by atoms with E-state index in [4.69, 9.17) is 0 Å². The molecule has 0 aliphatic heterocycles. The van der Waals surface area contributed by atoms with Gasteiger partial charge >= 0.3 is 0 Å². The van der Waals surface area contributed by atoms with E-state index < -0.39 is 0 Å². The normalized spacial score (nSPS) is 12.5. The third-order valence-corrected chi connectivity index (χ3v) is 4.64. The Morgan fingerprint density at radius 3 is 2.81 bits per heavy atom. The Labute approximate surface area is 159 Å². The zero-order valence-electron chi connectivity index (χ0n) is 15.6. The van der Waals surface area contributed by atoms with Crippen LogP contribution in [-0.4, -0.2) is 42.5 Å². The van der Waals surface area contributed by atoms with Gasteiger partial charge in [-0.15, -0.1) is 11.3 Å². The number of pyridine rings is 1. The fourth-order valence-corrected chi connectivity index (χ4v) is 3.46. The Hall–Kier alpha value is -2.41. The number of aromatic nitrogens is 1. The number of nitrogens with zero attached hydrogens (tertiary/aromatic N) is 2. The van der Waals surface area contributed by atoms with Crippen LogP contribution in [0.15, 0.2) is 41.7 Å². The lowest BCUT2D eigenvalue weighted by Crippen LogP contribution is -2.43. The van der Waals surface area contributed by atoms with Crippen molar-refractivity contribution in [2.45, 2.75) is 33.2 Å². The van der Waals surface area contributed by atoms with Gasteiger partial charge in [-0.2, -0.15) is 0 Å². The maximum Gasteiger partial charge on any atom is 0.252 e. The summed E-state index contributed by atoms with van der Waals surface area (Å²) in [5.41, 5.74) is 0.557. The molecule has 0 saturated carbocycles. The molecular formula is C19H27N5OS. The first-order chi connectivity index (χ1) is 12.6. The van der Waals surface area contributed by atoms with Gasteiger partial charge in [-0.25, -0.2) is 0 Å². The van der Waals surface area contributed by atoms with Gasteiger partial charge in [0.15, 0.2) is 5.96 Å². The van der Waals surface area contributed by atoms with Crippen molar-refractivity contribution >= 4 is 23.2 Å². The van der Waals surface area contributed by atoms with E-state index in [1.54, 1.807) is 24.5 Å². The van der Waals surface area contributed by atoms with Gasteiger partial charge in [0.05, 0.1) is 12.1 Å². The molecule has 6 nitrogen and oxygen atoms in total. The van der Waals surface area contributed by atoms with Crippen molar-refractivity contribution < 1.29 is 4.79 Å². The summed E-state index contributed by atoms with van der Waals surface area (Å²) in [4.78, 5) is 23.1. The van der Waals surface area contributed by atoms with Crippen molar-refractivity contribution in [3.8, 4) is 0 Å². The standard InChI is InChI=1S/C19H27N5OS/c1-4-21-19(24-14(2)12-17-8-7-15(3)26-17)23-11-10-22-18(25)16-6-5-9-20-13-16/h5-9,13-14H,4,10-12H2,1-3H3,(H,22,25)(H2,21,23,24). The summed E-state index contributed by atoms with van der Waals surface area (Å²) >= 11 is 1.83. The number of aliphatic imine (C=N–C) groups is 1. The molecule has 0 spiro atoms. The lowest BCUT2D eigenvalue weighted by molar-refractivity contribution is 0.0954. The van der Waals surface area contributed by atoms with E-state index in [2.05, 4.69) is 51.9 Å². The summed E-state index contributed by atoms with van der Waals surface area (Å²) in [6, 6.07) is 8.09. The number of rotatable bonds is 8. The topological polar surface area (TPSA) is 78.4 Å². The van der Waals surface area contributed by atoms with Crippen molar-refractivity contribution in [1.82, 2.24) is 20.9 Å². The zero-order chi connectivity index (χ0) is 18.8. The van der Waals surface area contributed by atoms with Gasteiger partial charge in [0, 0.05) is 47.7 Å². The molecule has 3 N–H and O–H groups in total. The molecule has 2 aromatic heterocycles. The van der Waals surface area contributed by atoms with Crippen molar-refractivity contribution in [3.63, 3.8) is 0 Å². The molecule has 1 unspecified atom stereocenters. The molecule has 140 valence electrons. The molecule has 0 fully saturated rings. The van der Waals surface area contributed by atoms with Gasteiger partial charge in [-0.05, 0) is 45.0 Å². The van der Waals surface area contributed by atoms with Gasteiger partial charge in [0.1, 0.15) is 0 Å². The number of hydrogen-bond acceptors (Lipinski definition) is 4. The van der Waals surface area contributed by atoms with Gasteiger partial charge in [-0.1, -0.05) is 0 Å². The Balaban J connectivity index is 1.79. The van der Waals surface area contributed by atoms with Crippen LogP contribution >= 0.6 is 11.3 Å². The van der Waals surface area contributed by atoms with Crippen LogP contribution in [0.2, 0.25) is 0 Å². The first-order valence-electron chi connectivity index (χ1n) is 8.87. The largest absolute Gasteiger partial charge is 0.357 e. The Kier molecular flexibility index (Phi) is 8.08. The van der Waals surface area contributed by atoms with E-state index in [-0.39, 0.29) is 11.9 Å². The number of nitrogens with one attached hydrogen (secondary N) is 3. The van der Waals surface area contributed by atoms with Crippen molar-refractivity contribution in [1.29, 1.82) is 0 Å².